The Morgan fingerprint density at radius 2 is 2.24 bits per heavy atom. The summed E-state index contributed by atoms with van der Waals surface area (Å²) < 4.78 is 5.25. The normalized spacial score (nSPS) is 9.82. The predicted molar refractivity (Wildman–Crippen MR) is 65.0 cm³/mol. The maximum atomic E-state index is 11.3. The largest absolute Gasteiger partial charge is 0.478 e. The molecule has 0 saturated carbocycles. The molecule has 6 heteroatoms. The summed E-state index contributed by atoms with van der Waals surface area (Å²) in [4.78, 5) is 20.9. The first-order valence-electron chi connectivity index (χ1n) is 5.52. The Morgan fingerprint density at radius 3 is 2.88 bits per heavy atom. The van der Waals surface area contributed by atoms with Crippen LogP contribution in [-0.2, 0) is 4.79 Å². The Labute approximate surface area is 101 Å². The minimum atomic E-state index is 0.0802. The average molecular weight is 238 g/mol. The van der Waals surface area contributed by atoms with Gasteiger partial charge in [0.15, 0.2) is 0 Å². The van der Waals surface area contributed by atoms with Crippen LogP contribution in [0.15, 0.2) is 12.4 Å². The van der Waals surface area contributed by atoms with Gasteiger partial charge in [-0.15, -0.1) is 0 Å². The van der Waals surface area contributed by atoms with Crippen molar-refractivity contribution in [1.29, 1.82) is 0 Å². The third kappa shape index (κ3) is 4.67. The quantitative estimate of drug-likeness (QED) is 0.792. The topological polar surface area (TPSA) is 67.3 Å². The lowest BCUT2D eigenvalue weighted by atomic mass is 10.4. The van der Waals surface area contributed by atoms with E-state index in [-0.39, 0.29) is 5.91 Å². The molecule has 0 aliphatic carbocycles. The van der Waals surface area contributed by atoms with Gasteiger partial charge in [0, 0.05) is 33.1 Å². The maximum absolute atomic E-state index is 11.3. The van der Waals surface area contributed by atoms with Gasteiger partial charge in [-0.2, -0.15) is 0 Å². The summed E-state index contributed by atoms with van der Waals surface area (Å²) in [5.74, 6) is 1.27. The first-order valence-corrected chi connectivity index (χ1v) is 5.52. The van der Waals surface area contributed by atoms with Crippen LogP contribution in [0, 0.1) is 0 Å². The molecular formula is C11H18N4O2. The van der Waals surface area contributed by atoms with Crippen molar-refractivity contribution < 1.29 is 9.53 Å². The fourth-order valence-corrected chi connectivity index (χ4v) is 1.18. The number of anilines is 1. The maximum Gasteiger partial charge on any atom is 0.223 e. The molecule has 0 aliphatic rings. The Bertz CT molecular complexity index is 368. The van der Waals surface area contributed by atoms with E-state index in [1.54, 1.807) is 25.1 Å². The van der Waals surface area contributed by atoms with E-state index in [0.29, 0.717) is 31.3 Å². The fourth-order valence-electron chi connectivity index (χ4n) is 1.18. The van der Waals surface area contributed by atoms with Crippen LogP contribution in [0.1, 0.15) is 13.3 Å². The molecule has 0 radical (unpaired) electrons. The third-order valence-corrected chi connectivity index (χ3v) is 2.08. The van der Waals surface area contributed by atoms with Gasteiger partial charge in [-0.05, 0) is 6.92 Å². The smallest absolute Gasteiger partial charge is 0.223 e. The molecule has 0 spiro atoms. The Kier molecular flexibility index (Phi) is 5.19. The number of nitrogens with zero attached hydrogens (tertiary/aromatic N) is 3. The van der Waals surface area contributed by atoms with Gasteiger partial charge in [0.2, 0.25) is 11.8 Å². The van der Waals surface area contributed by atoms with E-state index >= 15 is 0 Å². The molecule has 1 rings (SSSR count). The van der Waals surface area contributed by atoms with E-state index < -0.39 is 0 Å². The van der Waals surface area contributed by atoms with Crippen LogP contribution in [0.4, 0.5) is 5.82 Å². The fraction of sp³-hybridized carbons (Fsp3) is 0.545. The van der Waals surface area contributed by atoms with Crippen molar-refractivity contribution in [2.24, 2.45) is 0 Å². The lowest BCUT2D eigenvalue weighted by Gasteiger charge is -2.11. The van der Waals surface area contributed by atoms with Crippen molar-refractivity contribution >= 4 is 11.7 Å². The average Bonchev–Trinajstić information content (AvgIpc) is 2.29. The first kappa shape index (κ1) is 13.2. The Hall–Kier alpha value is -1.85. The molecule has 1 aromatic heterocycles. The van der Waals surface area contributed by atoms with E-state index in [1.807, 2.05) is 6.92 Å². The summed E-state index contributed by atoms with van der Waals surface area (Å²) in [6.07, 6.45) is 1.86. The first-order chi connectivity index (χ1) is 8.13. The van der Waals surface area contributed by atoms with E-state index in [4.69, 9.17) is 4.74 Å². The zero-order valence-electron chi connectivity index (χ0n) is 10.4. The second kappa shape index (κ2) is 6.67. The number of nitrogens with one attached hydrogen (secondary N) is 1. The van der Waals surface area contributed by atoms with E-state index in [2.05, 4.69) is 15.3 Å². The van der Waals surface area contributed by atoms with E-state index in [0.717, 1.165) is 0 Å². The summed E-state index contributed by atoms with van der Waals surface area (Å²) in [5.41, 5.74) is 0. The van der Waals surface area contributed by atoms with Gasteiger partial charge in [0.25, 0.3) is 0 Å². The highest BCUT2D eigenvalue weighted by Crippen LogP contribution is 2.10. The predicted octanol–water partition coefficient (Wildman–Crippen LogP) is 0.765. The molecule has 1 amide bonds. The van der Waals surface area contributed by atoms with Crippen LogP contribution in [0.5, 0.6) is 5.88 Å². The number of hydrogen-bond donors (Lipinski definition) is 1. The van der Waals surface area contributed by atoms with Gasteiger partial charge in [-0.3, -0.25) is 4.79 Å². The summed E-state index contributed by atoms with van der Waals surface area (Å²) in [5, 5.41) is 3.05. The molecule has 1 aromatic rings. The number of rotatable bonds is 6. The van der Waals surface area contributed by atoms with Gasteiger partial charge in [0.1, 0.15) is 12.1 Å². The molecule has 1 heterocycles. The Morgan fingerprint density at radius 1 is 1.47 bits per heavy atom. The summed E-state index contributed by atoms with van der Waals surface area (Å²) in [7, 11) is 3.47. The van der Waals surface area contributed by atoms with Crippen LogP contribution in [0.2, 0.25) is 0 Å². The lowest BCUT2D eigenvalue weighted by Crippen LogP contribution is -2.24. The van der Waals surface area contributed by atoms with Crippen molar-refractivity contribution in [3.05, 3.63) is 12.4 Å². The summed E-state index contributed by atoms with van der Waals surface area (Å²) >= 11 is 0. The molecule has 0 atom stereocenters. The number of hydrogen-bond acceptors (Lipinski definition) is 5. The van der Waals surface area contributed by atoms with Crippen molar-refractivity contribution in [2.45, 2.75) is 13.3 Å². The SMILES string of the molecule is CCOc1cc(NCCC(=O)N(C)C)ncn1. The van der Waals surface area contributed by atoms with Crippen LogP contribution >= 0.6 is 0 Å². The van der Waals surface area contributed by atoms with Crippen LogP contribution in [0.25, 0.3) is 0 Å². The van der Waals surface area contributed by atoms with E-state index in [1.165, 1.54) is 6.33 Å². The van der Waals surface area contributed by atoms with Crippen molar-refractivity contribution in [3.8, 4) is 5.88 Å². The molecule has 1 N–H and O–H groups in total. The lowest BCUT2D eigenvalue weighted by molar-refractivity contribution is -0.128. The van der Waals surface area contributed by atoms with E-state index in [9.17, 15) is 4.79 Å². The van der Waals surface area contributed by atoms with Gasteiger partial charge in [-0.25, -0.2) is 9.97 Å². The zero-order chi connectivity index (χ0) is 12.7. The highest BCUT2D eigenvalue weighted by Gasteiger charge is 2.04. The molecular weight excluding hydrogens is 220 g/mol. The molecule has 0 saturated heterocycles. The minimum absolute atomic E-state index is 0.0802. The van der Waals surface area contributed by atoms with Crippen LogP contribution in [0.3, 0.4) is 0 Å². The van der Waals surface area contributed by atoms with Crippen molar-refractivity contribution in [1.82, 2.24) is 14.9 Å². The molecule has 0 aromatic carbocycles. The standard InChI is InChI=1S/C11H18N4O2/c1-4-17-10-7-9(13-8-14-10)12-6-5-11(16)15(2)3/h7-8H,4-6H2,1-3H3,(H,12,13,14). The molecule has 6 nitrogen and oxygen atoms in total. The number of carbonyl (C=O) groups is 1. The molecule has 94 valence electrons. The van der Waals surface area contributed by atoms with Crippen LogP contribution in [-0.4, -0.2) is 48.0 Å². The minimum Gasteiger partial charge on any atom is -0.478 e. The molecule has 0 bridgehead atoms. The van der Waals surface area contributed by atoms with Crippen LogP contribution < -0.4 is 10.1 Å². The third-order valence-electron chi connectivity index (χ3n) is 2.08. The molecule has 0 aliphatic heterocycles. The van der Waals surface area contributed by atoms with Gasteiger partial charge in [-0.1, -0.05) is 0 Å². The second-order valence-corrected chi connectivity index (χ2v) is 3.64. The summed E-state index contributed by atoms with van der Waals surface area (Å²) in [6.45, 7) is 3.00. The molecule has 17 heavy (non-hydrogen) atoms. The molecule has 0 unspecified atom stereocenters. The highest BCUT2D eigenvalue weighted by atomic mass is 16.5. The number of carbonyl (C=O) groups excluding carboxylic acids is 1. The number of amides is 1. The highest BCUT2D eigenvalue weighted by molar-refractivity contribution is 5.76. The number of ether oxygens (including phenoxy) is 1. The van der Waals surface area contributed by atoms with Crippen molar-refractivity contribution in [2.75, 3.05) is 32.6 Å². The summed E-state index contributed by atoms with van der Waals surface area (Å²) in [6, 6.07) is 1.71. The zero-order valence-corrected chi connectivity index (χ0v) is 10.4. The Balaban J connectivity index is 2.41. The molecule has 0 fully saturated rings. The van der Waals surface area contributed by atoms with Gasteiger partial charge in [0.05, 0.1) is 6.61 Å². The number of aromatic nitrogens is 2. The second-order valence-electron chi connectivity index (χ2n) is 3.64. The van der Waals surface area contributed by atoms with Crippen molar-refractivity contribution in [3.63, 3.8) is 0 Å². The van der Waals surface area contributed by atoms with Gasteiger partial charge >= 0.3 is 0 Å². The monoisotopic (exact) mass is 238 g/mol. The van der Waals surface area contributed by atoms with Gasteiger partial charge < -0.3 is 15.0 Å².